The maximum absolute atomic E-state index is 13.1. The maximum atomic E-state index is 13.1. The van der Waals surface area contributed by atoms with Crippen LogP contribution < -0.4 is 9.47 Å². The molecule has 1 aliphatic heterocycles. The van der Waals surface area contributed by atoms with Gasteiger partial charge in [0.15, 0.2) is 0 Å². The van der Waals surface area contributed by atoms with Crippen LogP contribution in [0.1, 0.15) is 6.92 Å². The molecule has 3 rings (SSSR count). The minimum atomic E-state index is -3.88. The first kappa shape index (κ1) is 21.6. The molecule has 0 N–H and O–H groups in total. The second-order valence-electron chi connectivity index (χ2n) is 6.36. The molecule has 1 fully saturated rings. The molecule has 0 unspecified atom stereocenters. The van der Waals surface area contributed by atoms with Gasteiger partial charge in [-0.1, -0.05) is 0 Å². The summed E-state index contributed by atoms with van der Waals surface area (Å²) >= 11 is 0. The zero-order valence-corrected chi connectivity index (χ0v) is 18.1. The molecular formula is C17H24N4O6S2. The number of aryl methyl sites for hydroxylation is 1. The normalized spacial score (nSPS) is 16.7. The topological polar surface area (TPSA) is 111 Å². The Bertz CT molecular complexity index is 1070. The predicted molar refractivity (Wildman–Crippen MR) is 105 cm³/mol. The molecule has 1 aromatic carbocycles. The Labute approximate surface area is 170 Å². The molecule has 0 bridgehead atoms. The summed E-state index contributed by atoms with van der Waals surface area (Å²) in [7, 11) is -4.77. The van der Waals surface area contributed by atoms with E-state index in [0.29, 0.717) is 12.3 Å². The zero-order valence-electron chi connectivity index (χ0n) is 16.5. The monoisotopic (exact) mass is 444 g/mol. The van der Waals surface area contributed by atoms with E-state index in [0.717, 1.165) is 0 Å². The van der Waals surface area contributed by atoms with Crippen molar-refractivity contribution in [2.24, 2.45) is 0 Å². The highest BCUT2D eigenvalue weighted by Crippen LogP contribution is 2.31. The number of hydrogen-bond donors (Lipinski definition) is 0. The van der Waals surface area contributed by atoms with Gasteiger partial charge in [0.2, 0.25) is 20.0 Å². The number of ether oxygens (including phenoxy) is 2. The van der Waals surface area contributed by atoms with Gasteiger partial charge >= 0.3 is 0 Å². The highest BCUT2D eigenvalue weighted by molar-refractivity contribution is 7.89. The smallest absolute Gasteiger partial charge is 0.246 e. The summed E-state index contributed by atoms with van der Waals surface area (Å²) in [4.78, 5) is 0.0880. The molecule has 160 valence electrons. The Morgan fingerprint density at radius 2 is 1.59 bits per heavy atom. The van der Waals surface area contributed by atoms with Crippen molar-refractivity contribution in [3.63, 3.8) is 0 Å². The molecule has 0 amide bonds. The highest BCUT2D eigenvalue weighted by Gasteiger charge is 2.35. The molecule has 1 aliphatic rings. The van der Waals surface area contributed by atoms with E-state index >= 15 is 0 Å². The van der Waals surface area contributed by atoms with Gasteiger partial charge in [-0.15, -0.1) is 0 Å². The zero-order chi connectivity index (χ0) is 21.2. The van der Waals surface area contributed by atoms with Gasteiger partial charge < -0.3 is 9.47 Å². The quantitative estimate of drug-likeness (QED) is 0.615. The lowest BCUT2D eigenvalue weighted by molar-refractivity contribution is 0.272. The van der Waals surface area contributed by atoms with E-state index < -0.39 is 20.0 Å². The van der Waals surface area contributed by atoms with Gasteiger partial charge in [-0.05, 0) is 19.1 Å². The van der Waals surface area contributed by atoms with Crippen molar-refractivity contribution >= 4 is 20.0 Å². The largest absolute Gasteiger partial charge is 0.497 e. The van der Waals surface area contributed by atoms with Crippen molar-refractivity contribution in [3.8, 4) is 11.5 Å². The van der Waals surface area contributed by atoms with E-state index in [2.05, 4.69) is 5.10 Å². The Morgan fingerprint density at radius 3 is 2.10 bits per heavy atom. The van der Waals surface area contributed by atoms with Crippen molar-refractivity contribution in [1.29, 1.82) is 0 Å². The first-order valence-corrected chi connectivity index (χ1v) is 11.9. The first-order valence-electron chi connectivity index (χ1n) is 8.98. The molecule has 0 aliphatic carbocycles. The molecule has 1 aromatic heterocycles. The first-order chi connectivity index (χ1) is 13.7. The summed E-state index contributed by atoms with van der Waals surface area (Å²) in [6.07, 6.45) is 2.78. The van der Waals surface area contributed by atoms with Gasteiger partial charge in [0.05, 0.1) is 20.4 Å². The number of piperazine rings is 1. The van der Waals surface area contributed by atoms with Crippen LogP contribution in [0.3, 0.4) is 0 Å². The molecule has 0 spiro atoms. The standard InChI is InChI=1S/C17H24N4O6S2/c1-4-19-13-15(12-18-19)28(22,23)20-7-9-21(10-8-20)29(24,25)17-11-14(26-2)5-6-16(17)27-3/h5-6,11-13H,4,7-10H2,1-3H3. The molecular weight excluding hydrogens is 420 g/mol. The molecule has 0 saturated carbocycles. The summed E-state index contributed by atoms with van der Waals surface area (Å²) in [5, 5.41) is 4.00. The van der Waals surface area contributed by atoms with Gasteiger partial charge in [-0.25, -0.2) is 16.8 Å². The van der Waals surface area contributed by atoms with E-state index in [9.17, 15) is 16.8 Å². The molecule has 12 heteroatoms. The highest BCUT2D eigenvalue weighted by atomic mass is 32.2. The Morgan fingerprint density at radius 1 is 0.966 bits per heavy atom. The van der Waals surface area contributed by atoms with Crippen molar-refractivity contribution in [2.75, 3.05) is 40.4 Å². The van der Waals surface area contributed by atoms with Crippen molar-refractivity contribution < 1.29 is 26.3 Å². The van der Waals surface area contributed by atoms with Gasteiger partial charge in [-0.2, -0.15) is 13.7 Å². The van der Waals surface area contributed by atoms with Crippen LogP contribution in [0.5, 0.6) is 11.5 Å². The minimum Gasteiger partial charge on any atom is -0.497 e. The summed E-state index contributed by atoms with van der Waals surface area (Å²) in [5.74, 6) is 0.589. The average molecular weight is 445 g/mol. The van der Waals surface area contributed by atoms with Gasteiger partial charge in [0, 0.05) is 45.0 Å². The van der Waals surface area contributed by atoms with Crippen LogP contribution in [-0.4, -0.2) is 75.6 Å². The summed E-state index contributed by atoms with van der Waals surface area (Å²) in [6, 6.07) is 4.53. The number of hydrogen-bond acceptors (Lipinski definition) is 7. The van der Waals surface area contributed by atoms with E-state index in [4.69, 9.17) is 9.47 Å². The molecule has 0 radical (unpaired) electrons. The van der Waals surface area contributed by atoms with E-state index in [1.54, 1.807) is 6.07 Å². The van der Waals surface area contributed by atoms with Crippen molar-refractivity contribution in [1.82, 2.24) is 18.4 Å². The number of rotatable bonds is 7. The molecule has 2 aromatic rings. The lowest BCUT2D eigenvalue weighted by Crippen LogP contribution is -2.50. The fourth-order valence-electron chi connectivity index (χ4n) is 3.07. The van der Waals surface area contributed by atoms with E-state index in [-0.39, 0.29) is 41.7 Å². The maximum Gasteiger partial charge on any atom is 0.246 e. The molecule has 0 atom stereocenters. The third-order valence-corrected chi connectivity index (χ3v) is 8.53. The van der Waals surface area contributed by atoms with Crippen LogP contribution in [0.4, 0.5) is 0 Å². The van der Waals surface area contributed by atoms with E-state index in [1.165, 1.54) is 52.0 Å². The van der Waals surface area contributed by atoms with Crippen LogP contribution in [-0.2, 0) is 26.6 Å². The number of nitrogens with zero attached hydrogens (tertiary/aromatic N) is 4. The van der Waals surface area contributed by atoms with Crippen LogP contribution in [0, 0.1) is 0 Å². The average Bonchev–Trinajstić information content (AvgIpc) is 3.23. The second kappa shape index (κ2) is 8.30. The fourth-order valence-corrected chi connectivity index (χ4v) is 6.05. The SMILES string of the molecule is CCn1cc(S(=O)(=O)N2CCN(S(=O)(=O)c3cc(OC)ccc3OC)CC2)cn1. The van der Waals surface area contributed by atoms with Crippen LogP contribution in [0.25, 0.3) is 0 Å². The number of sulfonamides is 2. The second-order valence-corrected chi connectivity index (χ2v) is 10.2. The Balaban J connectivity index is 1.80. The number of methoxy groups -OCH3 is 2. The van der Waals surface area contributed by atoms with Crippen molar-refractivity contribution in [3.05, 3.63) is 30.6 Å². The van der Waals surface area contributed by atoms with Gasteiger partial charge in [0.1, 0.15) is 21.3 Å². The third-order valence-electron chi connectivity index (χ3n) is 4.76. The van der Waals surface area contributed by atoms with Crippen LogP contribution in [0.2, 0.25) is 0 Å². The van der Waals surface area contributed by atoms with Crippen LogP contribution >= 0.6 is 0 Å². The Kier molecular flexibility index (Phi) is 6.17. The van der Waals surface area contributed by atoms with Crippen molar-refractivity contribution in [2.45, 2.75) is 23.3 Å². The summed E-state index contributed by atoms with van der Waals surface area (Å²) < 4.78 is 66.2. The van der Waals surface area contributed by atoms with Gasteiger partial charge in [0.25, 0.3) is 0 Å². The fraction of sp³-hybridized carbons (Fsp3) is 0.471. The third kappa shape index (κ3) is 4.10. The summed E-state index contributed by atoms with van der Waals surface area (Å²) in [5.41, 5.74) is 0. The number of benzene rings is 1. The molecule has 29 heavy (non-hydrogen) atoms. The summed E-state index contributed by atoms with van der Waals surface area (Å²) in [6.45, 7) is 2.58. The molecule has 10 nitrogen and oxygen atoms in total. The lowest BCUT2D eigenvalue weighted by atomic mass is 10.3. The number of aromatic nitrogens is 2. The van der Waals surface area contributed by atoms with E-state index in [1.807, 2.05) is 6.92 Å². The minimum absolute atomic E-state index is 0.0140. The lowest BCUT2D eigenvalue weighted by Gasteiger charge is -2.33. The predicted octanol–water partition coefficient (Wildman–Crippen LogP) is 0.615. The molecule has 2 heterocycles. The van der Waals surface area contributed by atoms with Gasteiger partial charge in [-0.3, -0.25) is 4.68 Å². The molecule has 1 saturated heterocycles. The van der Waals surface area contributed by atoms with Crippen LogP contribution in [0.15, 0.2) is 40.4 Å². The Hall–Kier alpha value is -2.15.